The average Bonchev–Trinajstić information content (AvgIpc) is 2.23. The van der Waals surface area contributed by atoms with E-state index in [-0.39, 0.29) is 5.38 Å². The molecule has 2 aliphatic rings. The summed E-state index contributed by atoms with van der Waals surface area (Å²) in [5.74, 6) is 1.79. The maximum atomic E-state index is 11.5. The number of alkyl halides is 1. The van der Waals surface area contributed by atoms with Crippen molar-refractivity contribution in [2.24, 2.45) is 11.8 Å². The minimum atomic E-state index is -0.171. The monoisotopic (exact) mass is 214 g/mol. The zero-order chi connectivity index (χ0) is 9.97. The molecule has 2 rings (SSSR count). The number of hydrogen-bond acceptors (Lipinski definition) is 1. The van der Waals surface area contributed by atoms with Crippen molar-refractivity contribution < 1.29 is 4.79 Å². The molecule has 0 aromatic rings. The van der Waals surface area contributed by atoms with Gasteiger partial charge >= 0.3 is 0 Å². The van der Waals surface area contributed by atoms with E-state index in [0.29, 0.717) is 11.7 Å². The van der Waals surface area contributed by atoms with Crippen LogP contribution in [0.15, 0.2) is 0 Å². The summed E-state index contributed by atoms with van der Waals surface area (Å²) in [6, 6.07) is 0. The van der Waals surface area contributed by atoms with Gasteiger partial charge < -0.3 is 0 Å². The normalized spacial score (nSPS) is 35.9. The van der Waals surface area contributed by atoms with Crippen molar-refractivity contribution in [3.63, 3.8) is 0 Å². The van der Waals surface area contributed by atoms with Crippen LogP contribution in [0.2, 0.25) is 0 Å². The number of rotatable bonds is 1. The average molecular weight is 215 g/mol. The molecular formula is C12H19ClO. The Morgan fingerprint density at radius 2 is 1.64 bits per heavy atom. The van der Waals surface area contributed by atoms with Crippen LogP contribution in [0.4, 0.5) is 0 Å². The third kappa shape index (κ3) is 2.31. The summed E-state index contributed by atoms with van der Waals surface area (Å²) in [7, 11) is 0. The Morgan fingerprint density at radius 1 is 0.929 bits per heavy atom. The molecule has 0 bridgehead atoms. The van der Waals surface area contributed by atoms with Gasteiger partial charge in [0.1, 0.15) is 0 Å². The molecule has 0 amide bonds. The molecule has 2 unspecified atom stereocenters. The van der Waals surface area contributed by atoms with Crippen LogP contribution in [0, 0.1) is 11.8 Å². The van der Waals surface area contributed by atoms with E-state index in [1.54, 1.807) is 0 Å². The molecule has 1 nitrogen and oxygen atoms in total. The Bertz CT molecular complexity index is 208. The van der Waals surface area contributed by atoms with Gasteiger partial charge in [0.25, 0.3) is 0 Å². The van der Waals surface area contributed by atoms with Gasteiger partial charge in [0.15, 0.2) is 5.78 Å². The zero-order valence-corrected chi connectivity index (χ0v) is 9.43. The summed E-state index contributed by atoms with van der Waals surface area (Å²) in [5.41, 5.74) is 0. The fourth-order valence-electron chi connectivity index (χ4n) is 3.02. The Balaban J connectivity index is 1.88. The van der Waals surface area contributed by atoms with Crippen molar-refractivity contribution in [1.82, 2.24) is 0 Å². The van der Waals surface area contributed by atoms with Gasteiger partial charge in [0.2, 0.25) is 0 Å². The van der Waals surface area contributed by atoms with Crippen molar-refractivity contribution >= 4 is 17.4 Å². The number of ketones is 1. The topological polar surface area (TPSA) is 17.1 Å². The summed E-state index contributed by atoms with van der Waals surface area (Å²) in [6.07, 6.45) is 9.72. The molecule has 2 fully saturated rings. The van der Waals surface area contributed by atoms with E-state index in [1.165, 1.54) is 38.5 Å². The van der Waals surface area contributed by atoms with Gasteiger partial charge in [-0.15, -0.1) is 11.6 Å². The van der Waals surface area contributed by atoms with E-state index in [0.717, 1.165) is 18.8 Å². The van der Waals surface area contributed by atoms with Crippen molar-refractivity contribution in [2.75, 3.05) is 0 Å². The van der Waals surface area contributed by atoms with Crippen LogP contribution in [0.25, 0.3) is 0 Å². The number of carbonyl (C=O) groups excluding carboxylic acids is 1. The first-order valence-electron chi connectivity index (χ1n) is 5.94. The second-order valence-corrected chi connectivity index (χ2v) is 5.40. The molecule has 0 aromatic carbocycles. The molecule has 0 radical (unpaired) electrons. The largest absolute Gasteiger partial charge is 0.298 e. The first-order valence-corrected chi connectivity index (χ1v) is 6.38. The highest BCUT2D eigenvalue weighted by Crippen LogP contribution is 2.38. The lowest BCUT2D eigenvalue weighted by atomic mass is 9.73. The van der Waals surface area contributed by atoms with E-state index in [2.05, 4.69) is 0 Å². The van der Waals surface area contributed by atoms with E-state index in [9.17, 15) is 4.79 Å². The highest BCUT2D eigenvalue weighted by molar-refractivity contribution is 6.31. The van der Waals surface area contributed by atoms with Gasteiger partial charge in [-0.3, -0.25) is 4.79 Å². The van der Waals surface area contributed by atoms with Crippen LogP contribution >= 0.6 is 11.6 Å². The fourth-order valence-corrected chi connectivity index (χ4v) is 3.23. The second-order valence-electron chi connectivity index (χ2n) is 4.87. The molecule has 2 aliphatic carbocycles. The van der Waals surface area contributed by atoms with E-state index in [1.807, 2.05) is 0 Å². The van der Waals surface area contributed by atoms with Gasteiger partial charge in [0.05, 0.1) is 5.38 Å². The van der Waals surface area contributed by atoms with Crippen LogP contribution in [0.5, 0.6) is 0 Å². The summed E-state index contributed by atoms with van der Waals surface area (Å²) in [6.45, 7) is 0. The van der Waals surface area contributed by atoms with Gasteiger partial charge in [-0.2, -0.15) is 0 Å². The molecule has 0 saturated heterocycles. The molecule has 2 atom stereocenters. The van der Waals surface area contributed by atoms with Crippen LogP contribution in [0.3, 0.4) is 0 Å². The highest BCUT2D eigenvalue weighted by atomic mass is 35.5. The van der Waals surface area contributed by atoms with Crippen molar-refractivity contribution in [3.05, 3.63) is 0 Å². The Hall–Kier alpha value is -0.0400. The van der Waals surface area contributed by atoms with Crippen molar-refractivity contribution in [2.45, 2.75) is 56.7 Å². The Labute approximate surface area is 91.2 Å². The third-order valence-electron chi connectivity index (χ3n) is 3.92. The summed E-state index contributed by atoms with van der Waals surface area (Å²) < 4.78 is 0. The highest BCUT2D eigenvalue weighted by Gasteiger charge is 2.32. The minimum absolute atomic E-state index is 0.171. The maximum Gasteiger partial charge on any atom is 0.150 e. The zero-order valence-electron chi connectivity index (χ0n) is 8.68. The summed E-state index contributed by atoms with van der Waals surface area (Å²) in [5, 5.41) is -0.171. The second kappa shape index (κ2) is 4.65. The van der Waals surface area contributed by atoms with Crippen LogP contribution in [-0.4, -0.2) is 11.2 Å². The lowest BCUT2D eigenvalue weighted by molar-refractivity contribution is -0.121. The quantitative estimate of drug-likeness (QED) is 0.611. The Morgan fingerprint density at radius 3 is 2.29 bits per heavy atom. The lowest BCUT2D eigenvalue weighted by Gasteiger charge is -2.33. The molecule has 2 heteroatoms. The predicted octanol–water partition coefficient (Wildman–Crippen LogP) is 3.54. The van der Waals surface area contributed by atoms with E-state index >= 15 is 0 Å². The molecule has 0 spiro atoms. The molecule has 80 valence electrons. The van der Waals surface area contributed by atoms with E-state index < -0.39 is 0 Å². The molecular weight excluding hydrogens is 196 g/mol. The molecule has 2 saturated carbocycles. The molecule has 14 heavy (non-hydrogen) atoms. The predicted molar refractivity (Wildman–Crippen MR) is 58.6 cm³/mol. The number of halogens is 1. The van der Waals surface area contributed by atoms with Crippen LogP contribution in [-0.2, 0) is 4.79 Å². The lowest BCUT2D eigenvalue weighted by Crippen LogP contribution is -2.30. The molecule has 0 aliphatic heterocycles. The third-order valence-corrected chi connectivity index (χ3v) is 4.38. The van der Waals surface area contributed by atoms with Crippen molar-refractivity contribution in [3.8, 4) is 0 Å². The molecule has 0 aromatic heterocycles. The summed E-state index contributed by atoms with van der Waals surface area (Å²) in [4.78, 5) is 11.5. The van der Waals surface area contributed by atoms with Crippen molar-refractivity contribution in [1.29, 1.82) is 0 Å². The van der Waals surface area contributed by atoms with Gasteiger partial charge in [-0.25, -0.2) is 0 Å². The number of Topliss-reactive ketones (excluding diaryl/α,β-unsaturated/α-hetero) is 1. The standard InChI is InChI=1S/C12H19ClO/c13-11-7-6-10(8-12(11)14)9-4-2-1-3-5-9/h9-11H,1-8H2. The summed E-state index contributed by atoms with van der Waals surface area (Å²) >= 11 is 5.92. The number of carbonyl (C=O) groups is 1. The number of hydrogen-bond donors (Lipinski definition) is 0. The van der Waals surface area contributed by atoms with Gasteiger partial charge in [-0.05, 0) is 24.7 Å². The van der Waals surface area contributed by atoms with Crippen LogP contribution in [0.1, 0.15) is 51.4 Å². The SMILES string of the molecule is O=C1CC(C2CCCCC2)CCC1Cl. The fraction of sp³-hybridized carbons (Fsp3) is 0.917. The maximum absolute atomic E-state index is 11.5. The van der Waals surface area contributed by atoms with Gasteiger partial charge in [-0.1, -0.05) is 32.1 Å². The first kappa shape index (κ1) is 10.5. The van der Waals surface area contributed by atoms with Crippen LogP contribution < -0.4 is 0 Å². The minimum Gasteiger partial charge on any atom is -0.298 e. The molecule has 0 heterocycles. The first-order chi connectivity index (χ1) is 6.77. The van der Waals surface area contributed by atoms with E-state index in [4.69, 9.17) is 11.6 Å². The Kier molecular flexibility index (Phi) is 3.48. The smallest absolute Gasteiger partial charge is 0.150 e. The van der Waals surface area contributed by atoms with Gasteiger partial charge in [0, 0.05) is 6.42 Å². The molecule has 0 N–H and O–H groups in total.